The van der Waals surface area contributed by atoms with E-state index in [0.717, 1.165) is 31.4 Å². The number of fused-ring (bicyclic) bond motifs is 1. The summed E-state index contributed by atoms with van der Waals surface area (Å²) in [4.78, 5) is 0. The van der Waals surface area contributed by atoms with Crippen molar-refractivity contribution in [3.05, 3.63) is 11.6 Å². The van der Waals surface area contributed by atoms with Crippen LogP contribution in [0.4, 0.5) is 0 Å². The van der Waals surface area contributed by atoms with Gasteiger partial charge in [0.25, 0.3) is 0 Å². The number of nitrogens with zero attached hydrogens (tertiary/aromatic N) is 3. The van der Waals surface area contributed by atoms with Crippen LogP contribution < -0.4 is 5.32 Å². The molecule has 0 saturated heterocycles. The van der Waals surface area contributed by atoms with Gasteiger partial charge >= 0.3 is 0 Å². The molecule has 2 aliphatic rings. The first-order valence-electron chi connectivity index (χ1n) is 4.58. The molecule has 1 aliphatic carbocycles. The monoisotopic (exact) mass is 164 g/mol. The maximum atomic E-state index is 4.23. The second-order valence-electron chi connectivity index (χ2n) is 3.58. The Labute approximate surface area is 71.0 Å². The number of nitrogens with one attached hydrogen (secondary N) is 1. The highest BCUT2D eigenvalue weighted by Gasteiger charge is 2.30. The molecule has 1 N–H and O–H groups in total. The van der Waals surface area contributed by atoms with Crippen LogP contribution in [0.2, 0.25) is 0 Å². The smallest absolute Gasteiger partial charge is 0.147 e. The van der Waals surface area contributed by atoms with Crippen LogP contribution in [0, 0.1) is 0 Å². The first kappa shape index (κ1) is 6.60. The van der Waals surface area contributed by atoms with Crippen molar-refractivity contribution in [3.63, 3.8) is 0 Å². The molecule has 4 heteroatoms. The second kappa shape index (κ2) is 2.29. The Bertz CT molecular complexity index is 300. The maximum Gasteiger partial charge on any atom is 0.147 e. The summed E-state index contributed by atoms with van der Waals surface area (Å²) in [5.74, 6) is 3.07. The van der Waals surface area contributed by atoms with Gasteiger partial charge < -0.3 is 9.88 Å². The molecule has 0 atom stereocenters. The Morgan fingerprint density at radius 1 is 1.33 bits per heavy atom. The first-order valence-corrected chi connectivity index (χ1v) is 4.58. The van der Waals surface area contributed by atoms with Gasteiger partial charge in [0.1, 0.15) is 11.6 Å². The SMILES string of the molecule is C1Cn2c(nnc2C2CC2)CN1. The molecule has 3 rings (SSSR count). The van der Waals surface area contributed by atoms with E-state index in [2.05, 4.69) is 20.1 Å². The van der Waals surface area contributed by atoms with E-state index in [1.54, 1.807) is 0 Å². The largest absolute Gasteiger partial charge is 0.312 e. The minimum atomic E-state index is 0.726. The lowest BCUT2D eigenvalue weighted by atomic mass is 10.3. The van der Waals surface area contributed by atoms with Gasteiger partial charge in [0.05, 0.1) is 6.54 Å². The lowest BCUT2D eigenvalue weighted by Gasteiger charge is -2.15. The zero-order valence-corrected chi connectivity index (χ0v) is 6.95. The molecule has 2 heterocycles. The molecular weight excluding hydrogens is 152 g/mol. The number of hydrogen-bond donors (Lipinski definition) is 1. The van der Waals surface area contributed by atoms with E-state index in [0.29, 0.717) is 0 Å². The van der Waals surface area contributed by atoms with E-state index < -0.39 is 0 Å². The molecule has 1 saturated carbocycles. The van der Waals surface area contributed by atoms with Crippen LogP contribution in [-0.2, 0) is 13.1 Å². The summed E-state index contributed by atoms with van der Waals surface area (Å²) in [6.07, 6.45) is 2.62. The molecule has 0 spiro atoms. The summed E-state index contributed by atoms with van der Waals surface area (Å²) < 4.78 is 2.29. The van der Waals surface area contributed by atoms with Crippen molar-refractivity contribution in [2.45, 2.75) is 31.8 Å². The Kier molecular flexibility index (Phi) is 1.26. The molecule has 12 heavy (non-hydrogen) atoms. The molecule has 4 nitrogen and oxygen atoms in total. The topological polar surface area (TPSA) is 42.7 Å². The van der Waals surface area contributed by atoms with E-state index in [1.807, 2.05) is 0 Å². The van der Waals surface area contributed by atoms with Gasteiger partial charge in [-0.3, -0.25) is 0 Å². The summed E-state index contributed by atoms with van der Waals surface area (Å²) in [6.45, 7) is 3.00. The van der Waals surface area contributed by atoms with Crippen molar-refractivity contribution in [1.29, 1.82) is 0 Å². The summed E-state index contributed by atoms with van der Waals surface area (Å²) in [5, 5.41) is 11.7. The number of hydrogen-bond acceptors (Lipinski definition) is 3. The minimum Gasteiger partial charge on any atom is -0.312 e. The third kappa shape index (κ3) is 0.876. The van der Waals surface area contributed by atoms with Gasteiger partial charge in [-0.15, -0.1) is 10.2 Å². The molecule has 1 aromatic heterocycles. The molecule has 0 bridgehead atoms. The minimum absolute atomic E-state index is 0.726. The molecule has 1 aromatic rings. The van der Waals surface area contributed by atoms with Gasteiger partial charge in [-0.1, -0.05) is 0 Å². The highest BCUT2D eigenvalue weighted by atomic mass is 15.3. The maximum absolute atomic E-state index is 4.23. The van der Waals surface area contributed by atoms with Gasteiger partial charge in [0.15, 0.2) is 0 Å². The van der Waals surface area contributed by atoms with Crippen molar-refractivity contribution in [2.24, 2.45) is 0 Å². The van der Waals surface area contributed by atoms with Crippen molar-refractivity contribution in [3.8, 4) is 0 Å². The molecule has 64 valence electrons. The predicted octanol–water partition coefficient (Wildman–Crippen LogP) is 0.259. The van der Waals surface area contributed by atoms with E-state index in [1.165, 1.54) is 18.7 Å². The lowest BCUT2D eigenvalue weighted by molar-refractivity contribution is 0.493. The third-order valence-electron chi connectivity index (χ3n) is 2.59. The summed E-state index contributed by atoms with van der Waals surface area (Å²) in [5.41, 5.74) is 0. The zero-order chi connectivity index (χ0) is 7.97. The normalized spacial score (nSPS) is 22.3. The van der Waals surface area contributed by atoms with E-state index in [4.69, 9.17) is 0 Å². The van der Waals surface area contributed by atoms with Gasteiger partial charge in [-0.05, 0) is 12.8 Å². The molecule has 0 radical (unpaired) electrons. The van der Waals surface area contributed by atoms with Crippen LogP contribution >= 0.6 is 0 Å². The quantitative estimate of drug-likeness (QED) is 0.647. The van der Waals surface area contributed by atoms with Crippen LogP contribution in [0.5, 0.6) is 0 Å². The lowest BCUT2D eigenvalue weighted by Crippen LogP contribution is -2.29. The van der Waals surface area contributed by atoms with Gasteiger partial charge in [0, 0.05) is 19.0 Å². The number of rotatable bonds is 1. The average molecular weight is 164 g/mol. The van der Waals surface area contributed by atoms with Crippen LogP contribution in [0.15, 0.2) is 0 Å². The second-order valence-corrected chi connectivity index (χ2v) is 3.58. The fourth-order valence-corrected chi connectivity index (χ4v) is 1.76. The van der Waals surface area contributed by atoms with Crippen molar-refractivity contribution in [2.75, 3.05) is 6.54 Å². The molecule has 1 fully saturated rings. The van der Waals surface area contributed by atoms with Crippen molar-refractivity contribution >= 4 is 0 Å². The van der Waals surface area contributed by atoms with Crippen LogP contribution in [0.25, 0.3) is 0 Å². The molecule has 0 aromatic carbocycles. The summed E-state index contributed by atoms with van der Waals surface area (Å²) in [7, 11) is 0. The highest BCUT2D eigenvalue weighted by molar-refractivity contribution is 5.09. The number of aromatic nitrogens is 3. The summed E-state index contributed by atoms with van der Waals surface area (Å²) in [6, 6.07) is 0. The van der Waals surface area contributed by atoms with Crippen molar-refractivity contribution < 1.29 is 0 Å². The Balaban J connectivity index is 2.03. The average Bonchev–Trinajstić information content (AvgIpc) is 2.86. The van der Waals surface area contributed by atoms with E-state index in [9.17, 15) is 0 Å². The zero-order valence-electron chi connectivity index (χ0n) is 6.95. The Hall–Kier alpha value is -0.900. The fraction of sp³-hybridized carbons (Fsp3) is 0.750. The van der Waals surface area contributed by atoms with E-state index in [-0.39, 0.29) is 0 Å². The predicted molar refractivity (Wildman–Crippen MR) is 43.7 cm³/mol. The fourth-order valence-electron chi connectivity index (χ4n) is 1.76. The van der Waals surface area contributed by atoms with Crippen LogP contribution in [-0.4, -0.2) is 21.3 Å². The summed E-state index contributed by atoms with van der Waals surface area (Å²) >= 11 is 0. The molecular formula is C8H12N4. The van der Waals surface area contributed by atoms with Crippen LogP contribution in [0.3, 0.4) is 0 Å². The highest BCUT2D eigenvalue weighted by Crippen LogP contribution is 2.39. The molecule has 0 amide bonds. The Morgan fingerprint density at radius 2 is 2.25 bits per heavy atom. The van der Waals surface area contributed by atoms with Crippen LogP contribution in [0.1, 0.15) is 30.4 Å². The standard InChI is InChI=1S/C8H12N4/c1-2-6(1)8-11-10-7-5-9-3-4-12(7)8/h6,9H,1-5H2. The van der Waals surface area contributed by atoms with Gasteiger partial charge in [0.2, 0.25) is 0 Å². The first-order chi connectivity index (χ1) is 5.95. The Morgan fingerprint density at radius 3 is 3.08 bits per heavy atom. The van der Waals surface area contributed by atoms with Gasteiger partial charge in [-0.2, -0.15) is 0 Å². The van der Waals surface area contributed by atoms with E-state index >= 15 is 0 Å². The van der Waals surface area contributed by atoms with Gasteiger partial charge in [-0.25, -0.2) is 0 Å². The molecule has 1 aliphatic heterocycles. The van der Waals surface area contributed by atoms with Crippen molar-refractivity contribution in [1.82, 2.24) is 20.1 Å². The third-order valence-corrected chi connectivity index (χ3v) is 2.59. The molecule has 0 unspecified atom stereocenters.